The van der Waals surface area contributed by atoms with Crippen molar-refractivity contribution in [2.75, 3.05) is 11.4 Å². The van der Waals surface area contributed by atoms with E-state index >= 15 is 0 Å². The molecule has 1 aliphatic heterocycles. The number of fused-ring (bicyclic) bond motifs is 1. The van der Waals surface area contributed by atoms with Gasteiger partial charge in [0.05, 0.1) is 17.9 Å². The minimum atomic E-state index is -0.676. The van der Waals surface area contributed by atoms with E-state index in [1.807, 2.05) is 43.5 Å². The van der Waals surface area contributed by atoms with Crippen LogP contribution in [0.25, 0.3) is 0 Å². The van der Waals surface area contributed by atoms with Gasteiger partial charge in [0.1, 0.15) is 12.7 Å². The average Bonchev–Trinajstić information content (AvgIpc) is 3.07. The summed E-state index contributed by atoms with van der Waals surface area (Å²) >= 11 is 0. The molecular weight excluding hydrogens is 268 g/mol. The van der Waals surface area contributed by atoms with Gasteiger partial charge in [-0.25, -0.2) is 4.79 Å². The standard InChI is InChI=1S/C16H18N2O3/c1-2-12-8-17-14-13(19)9-18(15(12)14)16(20)21-10-11-6-4-3-5-7-11/h3-8,13,17,19H,2,9-10H2,1H3. The molecule has 1 unspecified atom stereocenters. The van der Waals surface area contributed by atoms with Crippen molar-refractivity contribution in [2.24, 2.45) is 0 Å². The number of aromatic amines is 1. The van der Waals surface area contributed by atoms with Crippen molar-refractivity contribution in [3.05, 3.63) is 53.3 Å². The third-order valence-electron chi connectivity index (χ3n) is 3.73. The van der Waals surface area contributed by atoms with Crippen LogP contribution in [0.15, 0.2) is 36.5 Å². The van der Waals surface area contributed by atoms with E-state index in [2.05, 4.69) is 4.98 Å². The number of aliphatic hydroxyl groups excluding tert-OH is 1. The minimum absolute atomic E-state index is 0.230. The van der Waals surface area contributed by atoms with Crippen LogP contribution in [0.2, 0.25) is 0 Å². The number of rotatable bonds is 3. The summed E-state index contributed by atoms with van der Waals surface area (Å²) < 4.78 is 5.35. The first kappa shape index (κ1) is 13.7. The summed E-state index contributed by atoms with van der Waals surface area (Å²) in [6.07, 6.45) is 1.53. The first-order valence-electron chi connectivity index (χ1n) is 7.07. The number of aromatic nitrogens is 1. The topological polar surface area (TPSA) is 65.6 Å². The van der Waals surface area contributed by atoms with Crippen LogP contribution in [0, 0.1) is 0 Å². The van der Waals surface area contributed by atoms with Crippen LogP contribution >= 0.6 is 0 Å². The van der Waals surface area contributed by atoms with Gasteiger partial charge in [0, 0.05) is 6.20 Å². The van der Waals surface area contributed by atoms with E-state index in [1.54, 1.807) is 0 Å². The fourth-order valence-electron chi connectivity index (χ4n) is 2.64. The van der Waals surface area contributed by atoms with Crippen molar-refractivity contribution in [3.63, 3.8) is 0 Å². The summed E-state index contributed by atoms with van der Waals surface area (Å²) in [7, 11) is 0. The number of carbonyl (C=O) groups excluding carboxylic acids is 1. The van der Waals surface area contributed by atoms with Crippen molar-refractivity contribution in [1.82, 2.24) is 4.98 Å². The fourth-order valence-corrected chi connectivity index (χ4v) is 2.64. The normalized spacial score (nSPS) is 16.9. The lowest BCUT2D eigenvalue weighted by Gasteiger charge is -2.17. The second kappa shape index (κ2) is 5.61. The maximum absolute atomic E-state index is 12.3. The van der Waals surface area contributed by atoms with Gasteiger partial charge < -0.3 is 14.8 Å². The highest BCUT2D eigenvalue weighted by Crippen LogP contribution is 2.37. The molecule has 1 atom stereocenters. The van der Waals surface area contributed by atoms with Crippen LogP contribution in [-0.4, -0.2) is 22.7 Å². The Morgan fingerprint density at radius 1 is 1.43 bits per heavy atom. The molecule has 2 heterocycles. The number of nitrogens with one attached hydrogen (secondary N) is 1. The Kier molecular flexibility index (Phi) is 3.66. The number of carbonyl (C=O) groups is 1. The molecule has 5 heteroatoms. The van der Waals surface area contributed by atoms with Gasteiger partial charge in [-0.3, -0.25) is 4.90 Å². The number of H-pyrrole nitrogens is 1. The molecule has 2 N–H and O–H groups in total. The van der Waals surface area contributed by atoms with Gasteiger partial charge in [0.15, 0.2) is 0 Å². The highest BCUT2D eigenvalue weighted by atomic mass is 16.6. The third kappa shape index (κ3) is 2.52. The van der Waals surface area contributed by atoms with Crippen molar-refractivity contribution in [2.45, 2.75) is 26.1 Å². The Balaban J connectivity index is 1.73. The number of aliphatic hydroxyl groups is 1. The number of hydrogen-bond donors (Lipinski definition) is 2. The zero-order chi connectivity index (χ0) is 14.8. The number of nitrogens with zero attached hydrogens (tertiary/aromatic N) is 1. The predicted octanol–water partition coefficient (Wildman–Crippen LogP) is 2.77. The average molecular weight is 286 g/mol. The molecule has 0 bridgehead atoms. The van der Waals surface area contributed by atoms with E-state index in [1.165, 1.54) is 4.90 Å². The van der Waals surface area contributed by atoms with Gasteiger partial charge in [-0.05, 0) is 17.5 Å². The highest BCUT2D eigenvalue weighted by molar-refractivity contribution is 5.91. The third-order valence-corrected chi connectivity index (χ3v) is 3.73. The summed E-state index contributed by atoms with van der Waals surface area (Å²) in [6, 6.07) is 9.54. The number of benzene rings is 1. The minimum Gasteiger partial charge on any atom is -0.444 e. The van der Waals surface area contributed by atoms with Crippen molar-refractivity contribution >= 4 is 11.8 Å². The Morgan fingerprint density at radius 2 is 2.19 bits per heavy atom. The van der Waals surface area contributed by atoms with Crippen LogP contribution < -0.4 is 4.90 Å². The Morgan fingerprint density at radius 3 is 2.90 bits per heavy atom. The first-order chi connectivity index (χ1) is 10.2. The summed E-state index contributed by atoms with van der Waals surface area (Å²) in [5.74, 6) is 0. The summed E-state index contributed by atoms with van der Waals surface area (Å²) in [5.41, 5.74) is 3.42. The molecule has 1 aliphatic rings. The predicted molar refractivity (Wildman–Crippen MR) is 79.1 cm³/mol. The van der Waals surface area contributed by atoms with E-state index in [9.17, 15) is 9.90 Å². The molecule has 2 aromatic rings. The number of anilines is 1. The van der Waals surface area contributed by atoms with E-state index < -0.39 is 12.2 Å². The van der Waals surface area contributed by atoms with Crippen LogP contribution in [0.1, 0.15) is 29.8 Å². The monoisotopic (exact) mass is 286 g/mol. The van der Waals surface area contributed by atoms with E-state index in [0.29, 0.717) is 5.69 Å². The Labute approximate surface area is 123 Å². The largest absolute Gasteiger partial charge is 0.444 e. The SMILES string of the molecule is CCc1c[nH]c2c1N(C(=O)OCc1ccccc1)CC2O. The molecule has 3 rings (SSSR count). The quantitative estimate of drug-likeness (QED) is 0.911. The molecule has 1 aromatic carbocycles. The van der Waals surface area contributed by atoms with Gasteiger partial charge in [-0.2, -0.15) is 0 Å². The summed E-state index contributed by atoms with van der Waals surface area (Å²) in [6.45, 7) is 2.48. The van der Waals surface area contributed by atoms with Gasteiger partial charge in [-0.1, -0.05) is 37.3 Å². The highest BCUT2D eigenvalue weighted by Gasteiger charge is 2.35. The zero-order valence-corrected chi connectivity index (χ0v) is 11.9. The van der Waals surface area contributed by atoms with Crippen LogP contribution in [0.5, 0.6) is 0 Å². The van der Waals surface area contributed by atoms with Crippen LogP contribution in [0.4, 0.5) is 10.5 Å². The fraction of sp³-hybridized carbons (Fsp3) is 0.312. The maximum Gasteiger partial charge on any atom is 0.414 e. The van der Waals surface area contributed by atoms with Crippen molar-refractivity contribution in [3.8, 4) is 0 Å². The molecule has 0 saturated heterocycles. The number of amides is 1. The number of aryl methyl sites for hydroxylation is 1. The second-order valence-corrected chi connectivity index (χ2v) is 5.10. The number of β-amino-alcohol motifs (C(OH)–C–C–N with tert-alkyl or cyclic N) is 1. The van der Waals surface area contributed by atoms with Crippen molar-refractivity contribution in [1.29, 1.82) is 0 Å². The van der Waals surface area contributed by atoms with Crippen LogP contribution in [-0.2, 0) is 17.8 Å². The molecular formula is C16H18N2O3. The molecule has 0 fully saturated rings. The number of hydrogen-bond acceptors (Lipinski definition) is 3. The molecule has 0 radical (unpaired) electrons. The maximum atomic E-state index is 12.3. The Hall–Kier alpha value is -2.27. The molecule has 0 saturated carbocycles. The van der Waals surface area contributed by atoms with Crippen LogP contribution in [0.3, 0.4) is 0 Å². The summed E-state index contributed by atoms with van der Waals surface area (Å²) in [4.78, 5) is 16.8. The van der Waals surface area contributed by atoms with Gasteiger partial charge in [0.2, 0.25) is 0 Å². The van der Waals surface area contributed by atoms with Gasteiger partial charge in [0.25, 0.3) is 0 Å². The Bertz CT molecular complexity index is 636. The molecule has 1 aromatic heterocycles. The second-order valence-electron chi connectivity index (χ2n) is 5.10. The zero-order valence-electron chi connectivity index (χ0n) is 11.9. The molecule has 5 nitrogen and oxygen atoms in total. The molecule has 0 aliphatic carbocycles. The molecule has 110 valence electrons. The van der Waals surface area contributed by atoms with Crippen molar-refractivity contribution < 1.29 is 14.6 Å². The van der Waals surface area contributed by atoms with E-state index in [-0.39, 0.29) is 13.2 Å². The van der Waals surface area contributed by atoms with E-state index in [0.717, 1.165) is 23.2 Å². The molecule has 21 heavy (non-hydrogen) atoms. The number of ether oxygens (including phenoxy) is 1. The lowest BCUT2D eigenvalue weighted by Crippen LogP contribution is -2.31. The summed E-state index contributed by atoms with van der Waals surface area (Å²) in [5, 5.41) is 10.0. The van der Waals surface area contributed by atoms with Gasteiger partial charge in [-0.15, -0.1) is 0 Å². The van der Waals surface area contributed by atoms with E-state index in [4.69, 9.17) is 4.74 Å². The van der Waals surface area contributed by atoms with Gasteiger partial charge >= 0.3 is 6.09 Å². The molecule has 0 spiro atoms. The smallest absolute Gasteiger partial charge is 0.414 e. The molecule has 1 amide bonds. The first-order valence-corrected chi connectivity index (χ1v) is 7.07. The lowest BCUT2D eigenvalue weighted by molar-refractivity contribution is 0.141. The lowest BCUT2D eigenvalue weighted by atomic mass is 10.2.